The molecule has 0 saturated carbocycles. The van der Waals surface area contributed by atoms with E-state index >= 15 is 0 Å². The summed E-state index contributed by atoms with van der Waals surface area (Å²) in [6.45, 7) is 2.09. The van der Waals surface area contributed by atoms with E-state index in [1.165, 1.54) is 109 Å². The summed E-state index contributed by atoms with van der Waals surface area (Å²) in [4.78, 5) is 38.3. The normalized spacial score (nSPS) is 30.5. The molecule has 3 aliphatic heterocycles. The number of ether oxygens (including phenoxy) is 6. The zero-order valence-electron chi connectivity index (χ0n) is 48.6. The maximum Gasteiger partial charge on any atom is 0.364 e. The fourth-order valence-corrected chi connectivity index (χ4v) is 10.8. The Bertz CT molecular complexity index is 1720. The van der Waals surface area contributed by atoms with E-state index in [-0.39, 0.29) is 12.3 Å². The third-order valence-corrected chi connectivity index (χ3v) is 15.7. The Morgan fingerprint density at radius 3 is 1.64 bits per heavy atom. The number of hydrogen-bond acceptors (Lipinski definition) is 20. The summed E-state index contributed by atoms with van der Waals surface area (Å²) >= 11 is 0. The fraction of sp³-hybridized carbons (Fsp3) is 0.914. The smallest absolute Gasteiger partial charge is 0.364 e. The van der Waals surface area contributed by atoms with Gasteiger partial charge in [-0.2, -0.15) is 0 Å². The highest BCUT2D eigenvalue weighted by Crippen LogP contribution is 2.38. The molecule has 81 heavy (non-hydrogen) atoms. The van der Waals surface area contributed by atoms with Crippen LogP contribution >= 0.6 is 0 Å². The van der Waals surface area contributed by atoms with Gasteiger partial charge in [0.2, 0.25) is 11.8 Å². The number of hydrogen-bond donors (Lipinski definition) is 14. The van der Waals surface area contributed by atoms with E-state index in [0.717, 1.165) is 51.9 Å². The molecule has 0 spiro atoms. The number of nitrogens with one attached hydrogen (secondary N) is 2. The molecule has 0 bridgehead atoms. The Balaban J connectivity index is 1.68. The number of rotatable bonds is 44. The summed E-state index contributed by atoms with van der Waals surface area (Å²) in [5.74, 6) is -6.14. The number of carbonyl (C=O) groups is 3. The lowest BCUT2D eigenvalue weighted by Crippen LogP contribution is -2.70. The van der Waals surface area contributed by atoms with Crippen LogP contribution in [-0.2, 0) is 42.8 Å². The number of carbonyl (C=O) groups excluding carboxylic acids is 2. The Labute approximate surface area is 480 Å². The number of aliphatic hydroxyl groups excluding tert-OH is 11. The molecule has 0 aromatic rings. The fourth-order valence-electron chi connectivity index (χ4n) is 10.8. The number of amides is 2. The highest BCUT2D eigenvalue weighted by atomic mass is 16.8. The van der Waals surface area contributed by atoms with E-state index in [1.54, 1.807) is 6.08 Å². The van der Waals surface area contributed by atoms with E-state index < -0.39 is 155 Å². The van der Waals surface area contributed by atoms with Crippen molar-refractivity contribution in [2.75, 3.05) is 26.4 Å². The number of aliphatic hydroxyl groups is 11. The summed E-state index contributed by atoms with van der Waals surface area (Å²) in [7, 11) is 0. The Morgan fingerprint density at radius 1 is 0.642 bits per heavy atom. The van der Waals surface area contributed by atoms with E-state index in [1.807, 2.05) is 6.08 Å². The van der Waals surface area contributed by atoms with Crippen LogP contribution in [0.3, 0.4) is 0 Å². The first kappa shape index (κ1) is 72.7. The molecule has 3 saturated heterocycles. The average molecular weight is 1170 g/mol. The second-order valence-electron chi connectivity index (χ2n) is 22.6. The Morgan fingerprint density at radius 2 is 1.15 bits per heavy atom. The van der Waals surface area contributed by atoms with E-state index in [0.29, 0.717) is 12.8 Å². The minimum Gasteiger partial charge on any atom is -0.477 e. The average Bonchev–Trinajstić information content (AvgIpc) is 3.53. The van der Waals surface area contributed by atoms with Gasteiger partial charge in [-0.25, -0.2) is 4.79 Å². The van der Waals surface area contributed by atoms with Gasteiger partial charge < -0.3 is 100 Å². The van der Waals surface area contributed by atoms with Crippen LogP contribution in [0, 0.1) is 0 Å². The van der Waals surface area contributed by atoms with Crippen molar-refractivity contribution in [3.8, 4) is 0 Å². The maximum atomic E-state index is 13.3. The van der Waals surface area contributed by atoms with Gasteiger partial charge >= 0.3 is 5.97 Å². The number of aliphatic carboxylic acids is 1. The molecule has 3 fully saturated rings. The molecule has 474 valence electrons. The van der Waals surface area contributed by atoms with Crippen molar-refractivity contribution >= 4 is 17.8 Å². The number of carboxylic acid groups (broad SMARTS) is 1. The van der Waals surface area contributed by atoms with Gasteiger partial charge in [-0.05, 0) is 19.3 Å². The molecule has 0 aromatic carbocycles. The van der Waals surface area contributed by atoms with Crippen molar-refractivity contribution in [1.82, 2.24) is 10.6 Å². The van der Waals surface area contributed by atoms with Crippen molar-refractivity contribution < 1.29 is 104 Å². The van der Waals surface area contributed by atoms with Gasteiger partial charge in [0, 0.05) is 19.8 Å². The molecular weight excluding hydrogens is 1060 g/mol. The first-order chi connectivity index (χ1) is 38.9. The molecule has 3 heterocycles. The van der Waals surface area contributed by atoms with Gasteiger partial charge in [-0.3, -0.25) is 9.59 Å². The summed E-state index contributed by atoms with van der Waals surface area (Å²) in [5, 5.41) is 135. The number of allylic oxidation sites excluding steroid dienone is 1. The number of unbranched alkanes of at least 4 members (excludes halogenated alkanes) is 24. The van der Waals surface area contributed by atoms with Crippen LogP contribution in [0.5, 0.6) is 0 Å². The van der Waals surface area contributed by atoms with E-state index in [4.69, 9.17) is 28.4 Å². The quantitative estimate of drug-likeness (QED) is 0.0308. The second-order valence-corrected chi connectivity index (χ2v) is 22.6. The molecule has 18 unspecified atom stereocenters. The third-order valence-electron chi connectivity index (χ3n) is 15.7. The third kappa shape index (κ3) is 25.1. The SMILES string of the molecule is CCCCCCCCCCCCCCC/C=C/C(O)C(COC1OC(CO)C(OC2OC(CO)C(O)C(OC3(C(=O)O)CC(O)C(NC(C)=O)C(C(O)C(O)CO)O3)C2O)C(O)C1O)NC(=O)CCCCCCCCCCCCCC. The largest absolute Gasteiger partial charge is 0.477 e. The van der Waals surface area contributed by atoms with Gasteiger partial charge in [0.15, 0.2) is 12.6 Å². The molecular formula is C58H106N2O21. The summed E-state index contributed by atoms with van der Waals surface area (Å²) in [6.07, 6.45) is 4.23. The summed E-state index contributed by atoms with van der Waals surface area (Å²) in [6, 6.07) is -2.61. The van der Waals surface area contributed by atoms with Crippen molar-refractivity contribution in [2.45, 2.75) is 310 Å². The van der Waals surface area contributed by atoms with Crippen LogP contribution in [-0.4, -0.2) is 215 Å². The van der Waals surface area contributed by atoms with Crippen LogP contribution in [0.4, 0.5) is 0 Å². The van der Waals surface area contributed by atoms with Crippen molar-refractivity contribution in [3.63, 3.8) is 0 Å². The van der Waals surface area contributed by atoms with Crippen LogP contribution in [0.1, 0.15) is 201 Å². The first-order valence-corrected chi connectivity index (χ1v) is 30.6. The highest BCUT2D eigenvalue weighted by Gasteiger charge is 2.60. The van der Waals surface area contributed by atoms with Gasteiger partial charge in [-0.15, -0.1) is 0 Å². The van der Waals surface area contributed by atoms with Gasteiger partial charge in [0.05, 0.1) is 50.7 Å². The summed E-state index contributed by atoms with van der Waals surface area (Å²) in [5.41, 5.74) is 0. The molecule has 2 amide bonds. The zero-order chi connectivity index (χ0) is 59.7. The molecule has 18 atom stereocenters. The highest BCUT2D eigenvalue weighted by molar-refractivity contribution is 5.77. The lowest BCUT2D eigenvalue weighted by molar-refractivity contribution is -0.386. The van der Waals surface area contributed by atoms with Crippen molar-refractivity contribution in [1.29, 1.82) is 0 Å². The van der Waals surface area contributed by atoms with Crippen molar-refractivity contribution in [3.05, 3.63) is 12.2 Å². The first-order valence-electron chi connectivity index (χ1n) is 30.6. The van der Waals surface area contributed by atoms with Crippen LogP contribution in [0.25, 0.3) is 0 Å². The molecule has 0 aromatic heterocycles. The van der Waals surface area contributed by atoms with Crippen LogP contribution in [0.15, 0.2) is 12.2 Å². The van der Waals surface area contributed by atoms with E-state index in [2.05, 4.69) is 24.5 Å². The maximum absolute atomic E-state index is 13.3. The predicted octanol–water partition coefficient (Wildman–Crippen LogP) is 2.78. The molecule has 0 radical (unpaired) electrons. The molecule has 23 heteroatoms. The second kappa shape index (κ2) is 40.7. The molecule has 3 aliphatic rings. The van der Waals surface area contributed by atoms with Gasteiger partial charge in [-0.1, -0.05) is 174 Å². The predicted molar refractivity (Wildman–Crippen MR) is 297 cm³/mol. The molecule has 0 aliphatic carbocycles. The lowest BCUT2D eigenvalue weighted by atomic mass is 9.88. The topological polar surface area (TPSA) is 373 Å². The molecule has 3 rings (SSSR count). The standard InChI is InChI=1S/C58H106N2O21/c1-4-6-8-10-12-14-16-18-19-20-21-23-25-27-29-31-40(65)39(60-45(68)32-30-28-26-24-22-17-15-13-11-9-7-5-2)37-76-55-50(72)49(71)52(44(36-63)78-55)79-56-51(73)54(48(70)43(35-62)77-56)81-58(57(74)75)33-41(66)46(59-38(3)64)53(80-58)47(69)42(67)34-61/h29,31,39-44,46-56,61-63,65-67,69-73H,4-28,30,32-37H2,1-3H3,(H,59,64)(H,60,68)(H,74,75)/b31-29+. The Hall–Kier alpha value is -2.53. The minimum atomic E-state index is -3.08. The lowest BCUT2D eigenvalue weighted by Gasteiger charge is -2.50. The van der Waals surface area contributed by atoms with E-state index in [9.17, 15) is 75.7 Å². The molecule has 23 nitrogen and oxygen atoms in total. The Kier molecular flexibility index (Phi) is 36.6. The van der Waals surface area contributed by atoms with Crippen LogP contribution < -0.4 is 10.6 Å². The zero-order valence-corrected chi connectivity index (χ0v) is 48.6. The number of carboxylic acids is 1. The van der Waals surface area contributed by atoms with Crippen molar-refractivity contribution in [2.24, 2.45) is 0 Å². The minimum absolute atomic E-state index is 0.203. The van der Waals surface area contributed by atoms with Gasteiger partial charge in [0.1, 0.15) is 67.1 Å². The molecule has 14 N–H and O–H groups in total. The van der Waals surface area contributed by atoms with Crippen LogP contribution in [0.2, 0.25) is 0 Å². The van der Waals surface area contributed by atoms with Gasteiger partial charge in [0.25, 0.3) is 5.79 Å². The summed E-state index contributed by atoms with van der Waals surface area (Å²) < 4.78 is 34.7. The monoisotopic (exact) mass is 1170 g/mol.